The van der Waals surface area contributed by atoms with Crippen LogP contribution in [0.5, 0.6) is 0 Å². The molecule has 1 N–H and O–H groups in total. The molecule has 0 aliphatic heterocycles. The van der Waals surface area contributed by atoms with Gasteiger partial charge in [0.25, 0.3) is 0 Å². The van der Waals surface area contributed by atoms with Crippen LogP contribution in [0.3, 0.4) is 0 Å². The van der Waals surface area contributed by atoms with E-state index < -0.39 is 27.3 Å². The van der Waals surface area contributed by atoms with Gasteiger partial charge in [0.15, 0.2) is 5.89 Å². The number of rotatable bonds is 4. The van der Waals surface area contributed by atoms with Crippen molar-refractivity contribution >= 4 is 15.8 Å². The number of carboxylic acid groups (broad SMARTS) is 1. The van der Waals surface area contributed by atoms with E-state index in [4.69, 9.17) is 9.52 Å². The first-order valence-corrected chi connectivity index (χ1v) is 6.88. The van der Waals surface area contributed by atoms with Gasteiger partial charge in [0.1, 0.15) is 5.69 Å². The molecule has 1 aromatic carbocycles. The van der Waals surface area contributed by atoms with E-state index >= 15 is 0 Å². The molecule has 0 saturated carbocycles. The van der Waals surface area contributed by atoms with Crippen molar-refractivity contribution in [3.05, 3.63) is 41.9 Å². The van der Waals surface area contributed by atoms with Gasteiger partial charge in [-0.1, -0.05) is 18.2 Å². The minimum absolute atomic E-state index is 0.0396. The van der Waals surface area contributed by atoms with Gasteiger partial charge in [-0.15, -0.1) is 0 Å². The lowest BCUT2D eigenvalue weighted by molar-refractivity contribution is -0.136. The third-order valence-corrected chi connectivity index (χ3v) is 4.08. The Morgan fingerprint density at radius 2 is 1.95 bits per heavy atom. The fourth-order valence-electron chi connectivity index (χ4n) is 1.62. The first-order valence-electron chi connectivity index (χ1n) is 5.39. The van der Waals surface area contributed by atoms with Crippen LogP contribution in [0.4, 0.5) is 0 Å². The number of aromatic nitrogens is 1. The Morgan fingerprint density at radius 3 is 2.53 bits per heavy atom. The molecule has 2 aromatic rings. The second kappa shape index (κ2) is 4.85. The zero-order valence-electron chi connectivity index (χ0n) is 10.0. The Labute approximate surface area is 109 Å². The monoisotopic (exact) mass is 281 g/mol. The molecule has 0 unspecified atom stereocenters. The van der Waals surface area contributed by atoms with E-state index in [1.54, 1.807) is 18.2 Å². The van der Waals surface area contributed by atoms with E-state index in [-0.39, 0.29) is 16.5 Å². The molecule has 0 amide bonds. The maximum atomic E-state index is 12.3. The lowest BCUT2D eigenvalue weighted by atomic mass is 10.3. The summed E-state index contributed by atoms with van der Waals surface area (Å²) in [6.07, 6.45) is -0.501. The molecule has 100 valence electrons. The topological polar surface area (TPSA) is 97.5 Å². The molecule has 1 aromatic heterocycles. The molecule has 0 fully saturated rings. The van der Waals surface area contributed by atoms with Gasteiger partial charge in [-0.05, 0) is 12.1 Å². The third-order valence-electron chi connectivity index (χ3n) is 2.38. The van der Waals surface area contributed by atoms with Crippen molar-refractivity contribution in [3.8, 4) is 0 Å². The number of aryl methyl sites for hydroxylation is 1. The molecule has 0 aliphatic rings. The van der Waals surface area contributed by atoms with Crippen LogP contribution in [0.25, 0.3) is 0 Å². The average molecular weight is 281 g/mol. The number of hydrogen-bond donors (Lipinski definition) is 1. The highest BCUT2D eigenvalue weighted by atomic mass is 32.2. The van der Waals surface area contributed by atoms with Gasteiger partial charge in [-0.3, -0.25) is 4.79 Å². The largest absolute Gasteiger partial charge is 0.481 e. The van der Waals surface area contributed by atoms with E-state index in [2.05, 4.69) is 4.98 Å². The summed E-state index contributed by atoms with van der Waals surface area (Å²) >= 11 is 0. The van der Waals surface area contributed by atoms with Crippen molar-refractivity contribution < 1.29 is 22.7 Å². The molecular weight excluding hydrogens is 270 g/mol. The number of aliphatic carboxylic acids is 1. The number of nitrogens with zero attached hydrogens (tertiary/aromatic N) is 1. The predicted molar refractivity (Wildman–Crippen MR) is 64.5 cm³/mol. The third kappa shape index (κ3) is 2.65. The van der Waals surface area contributed by atoms with E-state index in [0.29, 0.717) is 0 Å². The van der Waals surface area contributed by atoms with Crippen LogP contribution in [0.2, 0.25) is 0 Å². The van der Waals surface area contributed by atoms with Crippen LogP contribution >= 0.6 is 0 Å². The summed E-state index contributed by atoms with van der Waals surface area (Å²) in [6.45, 7) is 1.47. The summed E-state index contributed by atoms with van der Waals surface area (Å²) in [6, 6.07) is 7.66. The van der Waals surface area contributed by atoms with Gasteiger partial charge in [-0.2, -0.15) is 0 Å². The summed E-state index contributed by atoms with van der Waals surface area (Å²) in [5.41, 5.74) is -0.0890. The summed E-state index contributed by atoms with van der Waals surface area (Å²) < 4.78 is 29.7. The fraction of sp³-hybridized carbons (Fsp3) is 0.167. The molecule has 2 rings (SSSR count). The molecule has 7 heteroatoms. The van der Waals surface area contributed by atoms with Crippen LogP contribution in [0.1, 0.15) is 11.6 Å². The molecule has 1 heterocycles. The van der Waals surface area contributed by atoms with Gasteiger partial charge in [0.05, 0.1) is 11.3 Å². The predicted octanol–water partition coefficient (Wildman–Crippen LogP) is 1.44. The molecule has 0 bridgehead atoms. The number of carboxylic acids is 1. The van der Waals surface area contributed by atoms with E-state index in [9.17, 15) is 13.2 Å². The van der Waals surface area contributed by atoms with Crippen LogP contribution in [-0.2, 0) is 21.1 Å². The van der Waals surface area contributed by atoms with Gasteiger partial charge in [0.2, 0.25) is 14.9 Å². The smallest absolute Gasteiger partial charge is 0.309 e. The molecule has 0 atom stereocenters. The van der Waals surface area contributed by atoms with Crippen LogP contribution in [-0.4, -0.2) is 24.5 Å². The average Bonchev–Trinajstić information content (AvgIpc) is 2.71. The van der Waals surface area contributed by atoms with Crippen LogP contribution in [0, 0.1) is 6.92 Å². The summed E-state index contributed by atoms with van der Waals surface area (Å²) in [4.78, 5) is 14.6. The Balaban J connectivity index is 2.55. The fourth-order valence-corrected chi connectivity index (χ4v) is 3.01. The van der Waals surface area contributed by atoms with Gasteiger partial charge < -0.3 is 9.52 Å². The standard InChI is InChI=1S/C12H11NO5S/c1-8-13-10(7-11(14)15)12(18-8)19(16,17)9-5-3-2-4-6-9/h2-6H,7H2,1H3,(H,14,15). The number of oxazole rings is 1. The van der Waals surface area contributed by atoms with Crippen molar-refractivity contribution in [2.45, 2.75) is 23.3 Å². The zero-order chi connectivity index (χ0) is 14.0. The van der Waals surface area contributed by atoms with Gasteiger partial charge in [0, 0.05) is 6.92 Å². The van der Waals surface area contributed by atoms with Crippen molar-refractivity contribution in [1.29, 1.82) is 0 Å². The zero-order valence-corrected chi connectivity index (χ0v) is 10.8. The maximum absolute atomic E-state index is 12.3. The molecule has 0 spiro atoms. The molecule has 6 nitrogen and oxygen atoms in total. The van der Waals surface area contributed by atoms with Crippen molar-refractivity contribution in [2.24, 2.45) is 0 Å². The molecule has 0 radical (unpaired) electrons. The van der Waals surface area contributed by atoms with Crippen LogP contribution in [0.15, 0.2) is 44.7 Å². The normalized spacial score (nSPS) is 11.4. The van der Waals surface area contributed by atoms with Crippen molar-refractivity contribution in [2.75, 3.05) is 0 Å². The lowest BCUT2D eigenvalue weighted by Crippen LogP contribution is -2.08. The molecule has 0 saturated heterocycles. The van der Waals surface area contributed by atoms with E-state index in [0.717, 1.165) is 0 Å². The first kappa shape index (κ1) is 13.3. The van der Waals surface area contributed by atoms with E-state index in [1.807, 2.05) is 0 Å². The first-order chi connectivity index (χ1) is 8.91. The van der Waals surface area contributed by atoms with Crippen molar-refractivity contribution in [3.63, 3.8) is 0 Å². The van der Waals surface area contributed by atoms with Crippen molar-refractivity contribution in [1.82, 2.24) is 4.98 Å². The molecular formula is C12H11NO5S. The summed E-state index contributed by atoms with van der Waals surface area (Å²) in [7, 11) is -3.89. The number of benzene rings is 1. The second-order valence-electron chi connectivity index (χ2n) is 3.85. The SMILES string of the molecule is Cc1nc(CC(=O)O)c(S(=O)(=O)c2ccccc2)o1. The Hall–Kier alpha value is -2.15. The highest BCUT2D eigenvalue weighted by Gasteiger charge is 2.28. The quantitative estimate of drug-likeness (QED) is 0.910. The number of hydrogen-bond acceptors (Lipinski definition) is 5. The Morgan fingerprint density at radius 1 is 1.32 bits per heavy atom. The minimum Gasteiger partial charge on any atom is -0.481 e. The Bertz CT molecular complexity index is 703. The Kier molecular flexibility index (Phi) is 3.39. The minimum atomic E-state index is -3.89. The number of carbonyl (C=O) groups is 1. The summed E-state index contributed by atoms with van der Waals surface area (Å²) in [5.74, 6) is -1.05. The highest BCUT2D eigenvalue weighted by molar-refractivity contribution is 7.91. The van der Waals surface area contributed by atoms with E-state index in [1.165, 1.54) is 19.1 Å². The van der Waals surface area contributed by atoms with Gasteiger partial charge in [-0.25, -0.2) is 13.4 Å². The highest BCUT2D eigenvalue weighted by Crippen LogP contribution is 2.25. The number of sulfone groups is 1. The lowest BCUT2D eigenvalue weighted by Gasteiger charge is -2.01. The molecule has 19 heavy (non-hydrogen) atoms. The van der Waals surface area contributed by atoms with Gasteiger partial charge >= 0.3 is 5.97 Å². The molecule has 0 aliphatic carbocycles. The summed E-state index contributed by atoms with van der Waals surface area (Å²) in [5, 5.41) is 8.36. The van der Waals surface area contributed by atoms with Crippen LogP contribution < -0.4 is 0 Å². The maximum Gasteiger partial charge on any atom is 0.309 e. The second-order valence-corrected chi connectivity index (χ2v) is 5.70.